The van der Waals surface area contributed by atoms with Crippen molar-refractivity contribution in [3.8, 4) is 17.6 Å². The Morgan fingerprint density at radius 3 is 1.23 bits per heavy atom. The van der Waals surface area contributed by atoms with Crippen LogP contribution < -0.4 is 14.2 Å². The minimum Gasteiger partial charge on any atom is -0.481 e. The highest BCUT2D eigenvalue weighted by Crippen LogP contribution is 2.50. The molecule has 0 radical (unpaired) electrons. The molecule has 115 heavy (non-hydrogen) atoms. The Hall–Kier alpha value is -8.48. The molecule has 0 bridgehead atoms. The highest BCUT2D eigenvalue weighted by atomic mass is 79.9. The van der Waals surface area contributed by atoms with Gasteiger partial charge in [-0.1, -0.05) is 243 Å². The molecule has 6 heterocycles. The summed E-state index contributed by atoms with van der Waals surface area (Å²) in [7, 11) is 7.41. The lowest BCUT2D eigenvalue weighted by Gasteiger charge is -2.40. The molecule has 3 aromatic heterocycles. The summed E-state index contributed by atoms with van der Waals surface area (Å²) in [6, 6.07) is 85.6. The van der Waals surface area contributed by atoms with Crippen molar-refractivity contribution in [2.45, 2.75) is 145 Å². The van der Waals surface area contributed by atoms with Crippen LogP contribution >= 0.6 is 47.8 Å². The van der Waals surface area contributed by atoms with Gasteiger partial charge in [-0.3, -0.25) is 4.79 Å². The van der Waals surface area contributed by atoms with Crippen LogP contribution in [0, 0.1) is 0 Å². The zero-order valence-corrected chi connectivity index (χ0v) is 72.3. The number of carbonyl (C=O) groups excluding carboxylic acids is 1. The van der Waals surface area contributed by atoms with Gasteiger partial charge in [-0.25, -0.2) is 15.0 Å². The molecule has 0 aliphatic carbocycles. The molecule has 0 saturated carbocycles. The number of aliphatic hydroxyl groups is 2. The van der Waals surface area contributed by atoms with Gasteiger partial charge >= 0.3 is 0 Å². The van der Waals surface area contributed by atoms with Crippen LogP contribution in [0.25, 0.3) is 32.7 Å². The summed E-state index contributed by atoms with van der Waals surface area (Å²) in [5.74, 6) is 1.38. The van der Waals surface area contributed by atoms with Gasteiger partial charge in [0, 0.05) is 76.5 Å². The van der Waals surface area contributed by atoms with Crippen LogP contribution in [0.3, 0.4) is 0 Å². The van der Waals surface area contributed by atoms with E-state index in [1.807, 2.05) is 158 Å². The van der Waals surface area contributed by atoms with E-state index in [2.05, 4.69) is 167 Å². The molecule has 600 valence electrons. The van der Waals surface area contributed by atoms with Crippen LogP contribution in [0.15, 0.2) is 268 Å². The third kappa shape index (κ3) is 23.7. The van der Waals surface area contributed by atoms with Crippen molar-refractivity contribution >= 4 is 86.3 Å². The molecule has 3 aliphatic rings. The summed E-state index contributed by atoms with van der Waals surface area (Å²) >= 11 is 10.7. The number of nitrogens with zero attached hydrogens (tertiary/aromatic N) is 6. The van der Waals surface area contributed by atoms with Crippen molar-refractivity contribution in [3.63, 3.8) is 0 Å². The third-order valence-corrected chi connectivity index (χ3v) is 24.8. The van der Waals surface area contributed by atoms with Crippen LogP contribution in [0.5, 0.6) is 17.6 Å². The number of piperidine rings is 3. The van der Waals surface area contributed by atoms with Crippen molar-refractivity contribution in [1.82, 2.24) is 24.8 Å². The number of pyridine rings is 3. The van der Waals surface area contributed by atoms with Gasteiger partial charge in [-0.05, 0) is 236 Å². The van der Waals surface area contributed by atoms with E-state index >= 15 is 0 Å². The number of Topliss-reactive ketones (excluding diaryl/α,β-unsaturated/α-hetero) is 1. The fourth-order valence-corrected chi connectivity index (χ4v) is 18.4. The highest BCUT2D eigenvalue weighted by molar-refractivity contribution is 9.11. The Morgan fingerprint density at radius 2 is 0.800 bits per heavy atom. The van der Waals surface area contributed by atoms with Crippen molar-refractivity contribution in [1.29, 1.82) is 0 Å². The number of ketones is 1. The van der Waals surface area contributed by atoms with E-state index in [0.717, 1.165) is 153 Å². The Balaban J connectivity index is 0.000000149. The van der Waals surface area contributed by atoms with Crippen molar-refractivity contribution in [3.05, 3.63) is 318 Å². The number of rotatable bonds is 29. The van der Waals surface area contributed by atoms with Gasteiger partial charge in [0.2, 0.25) is 17.6 Å². The maximum absolute atomic E-state index is 12.9. The minimum absolute atomic E-state index is 0.286. The van der Waals surface area contributed by atoms with Gasteiger partial charge < -0.3 is 38.7 Å². The van der Waals surface area contributed by atoms with Crippen LogP contribution in [-0.2, 0) is 17.6 Å². The molecule has 2 N–H and O–H groups in total. The van der Waals surface area contributed by atoms with Crippen molar-refractivity contribution in [2.75, 3.05) is 87.3 Å². The molecule has 3 saturated heterocycles. The molecule has 12 nitrogen and oxygen atoms in total. The van der Waals surface area contributed by atoms with Crippen molar-refractivity contribution in [2.24, 2.45) is 0 Å². The summed E-state index contributed by atoms with van der Waals surface area (Å²) in [5.41, 5.74) is 9.34. The summed E-state index contributed by atoms with van der Waals surface area (Å²) in [4.78, 5) is 31.4. The summed E-state index contributed by atoms with van der Waals surface area (Å²) in [5, 5.41) is 28.9. The number of unbranched alkanes of at least 4 members (excludes halogenated alkanes) is 3. The Labute approximate surface area is 707 Å². The van der Waals surface area contributed by atoms with Crippen LogP contribution in [-0.4, -0.2) is 133 Å². The van der Waals surface area contributed by atoms with Crippen LogP contribution in [0.4, 0.5) is 0 Å². The number of hydrogen-bond acceptors (Lipinski definition) is 11. The Kier molecular flexibility index (Phi) is 32.2. The summed E-state index contributed by atoms with van der Waals surface area (Å²) < 4.78 is 21.4. The smallest absolute Gasteiger partial charge is 0.217 e. The molecule has 15 heteroatoms. The van der Waals surface area contributed by atoms with Crippen molar-refractivity contribution < 1.29 is 33.7 Å². The fraction of sp³-hybridized carbons (Fsp3) is 0.360. The monoisotopic (exact) mass is 1730 g/mol. The van der Waals surface area contributed by atoms with Gasteiger partial charge in [0.05, 0.1) is 64.6 Å². The molecule has 9 aromatic carbocycles. The van der Waals surface area contributed by atoms with E-state index in [9.17, 15) is 15.0 Å². The molecule has 3 aliphatic heterocycles. The number of carbonyl (C=O) groups is 1. The predicted octanol–water partition coefficient (Wildman–Crippen LogP) is 23.6. The Bertz CT molecular complexity index is 4980. The second-order valence-electron chi connectivity index (χ2n) is 31.6. The average Bonchev–Trinajstić information content (AvgIpc) is 0.755. The second kappa shape index (κ2) is 43.1. The number of likely N-dealkylation sites (tertiary alicyclic amines) is 3. The second-order valence-corrected chi connectivity index (χ2v) is 34.3. The van der Waals surface area contributed by atoms with Gasteiger partial charge in [-0.2, -0.15) is 0 Å². The van der Waals surface area contributed by atoms with Crippen LogP contribution in [0.2, 0.25) is 0 Å². The van der Waals surface area contributed by atoms with E-state index in [0.29, 0.717) is 36.9 Å². The van der Waals surface area contributed by atoms with Gasteiger partial charge in [0.1, 0.15) is 11.2 Å². The van der Waals surface area contributed by atoms with E-state index in [4.69, 9.17) is 24.2 Å². The summed E-state index contributed by atoms with van der Waals surface area (Å²) in [6.45, 7) is 10.9. The maximum atomic E-state index is 12.9. The first-order valence-corrected chi connectivity index (χ1v) is 44.0. The number of ether oxygens (including phenoxy) is 3. The zero-order valence-electron chi connectivity index (χ0n) is 67.5. The first kappa shape index (κ1) is 85.9. The number of quaternary nitrogens is 1. The lowest BCUT2D eigenvalue weighted by Crippen LogP contribution is -2.48. The van der Waals surface area contributed by atoms with Gasteiger partial charge in [-0.15, -0.1) is 0 Å². The quantitative estimate of drug-likeness (QED) is 0.0264. The zero-order chi connectivity index (χ0) is 80.3. The summed E-state index contributed by atoms with van der Waals surface area (Å²) in [6.07, 6.45) is 21.1. The molecule has 3 fully saturated rings. The van der Waals surface area contributed by atoms with E-state index < -0.39 is 11.2 Å². The van der Waals surface area contributed by atoms with E-state index in [1.165, 1.54) is 109 Å². The first-order valence-electron chi connectivity index (χ1n) is 41.6. The molecule has 4 atom stereocenters. The normalized spacial score (nSPS) is 15.9. The molecule has 15 rings (SSSR count). The number of methoxy groups -OCH3 is 3. The number of halogens is 3. The van der Waals surface area contributed by atoms with Gasteiger partial charge in [0.25, 0.3) is 0 Å². The standard InChI is InChI=1S/C34H40BrN2O2.C33H37BrN2O2.C17H14BrNO.C16H23NO/c1-37(21-11-5-12-22-37)23-13-10-20-34(38,28-16-8-4-9-17-28)32(26-14-6-3-7-15-26)30-25-27-24-29(35)18-19-31(27)36-33(30)39-2;1-38-32-29(24-26-23-28(34)17-18-30(26)35-32)31(25-13-5-2-6-14-25)33(37,27-15-7-3-8-16-27)19-9-12-22-36-20-10-4-11-21-36;1-20-17-14(9-12-5-3-2-4-6-12)10-13-11-15(18)7-8-16(13)19-17;18-16(15-9-3-1-4-10-15)11-5-8-14-17-12-6-2-7-13-17/h3-4,6-9,14-19,24-25,32,38H,5,10-13,20-23H2,1-2H3;2-3,5-8,13-18,23-24,31,37H,4,9-12,19-22H2,1H3;2-8,10-11H,9H2,1H3;1,3-4,9-10H,2,5-8,11-14H2/q+1;;;. The minimum atomic E-state index is -1.14. The predicted molar refractivity (Wildman–Crippen MR) is 482 cm³/mol. The number of fused-ring (bicyclic) bond motifs is 3. The van der Waals surface area contributed by atoms with E-state index in [-0.39, 0.29) is 17.6 Å². The molecule has 0 amide bonds. The molecule has 12 aromatic rings. The largest absolute Gasteiger partial charge is 0.481 e. The molecule has 4 unspecified atom stereocenters. The number of aromatic nitrogens is 3. The lowest BCUT2D eigenvalue weighted by molar-refractivity contribution is -0.914. The number of benzene rings is 9. The maximum Gasteiger partial charge on any atom is 0.217 e. The molecular weight excluding hydrogens is 1620 g/mol. The lowest BCUT2D eigenvalue weighted by atomic mass is 9.71. The fourth-order valence-electron chi connectivity index (χ4n) is 17.3. The molecule has 0 spiro atoms. The van der Waals surface area contributed by atoms with E-state index in [1.54, 1.807) is 21.3 Å². The van der Waals surface area contributed by atoms with Crippen LogP contribution in [0.1, 0.15) is 182 Å². The topological polar surface area (TPSA) is 130 Å². The Morgan fingerprint density at radius 1 is 0.426 bits per heavy atom. The number of hydrogen-bond donors (Lipinski definition) is 2. The highest BCUT2D eigenvalue weighted by Gasteiger charge is 2.44. The third-order valence-electron chi connectivity index (χ3n) is 23.4. The van der Waals surface area contributed by atoms with Gasteiger partial charge in [0.15, 0.2) is 5.78 Å². The first-order chi connectivity index (χ1) is 56.1. The average molecular weight is 1740 g/mol. The SMILES string of the molecule is COc1nc2ccc(Br)cc2cc1C(c1ccccc1)C(O)(CCCCN1CCCCC1)c1ccccc1.COc1nc2ccc(Br)cc2cc1C(c1ccccc1)C(O)(CCCC[N+]1(C)CCCCC1)c1ccccc1.COc1nc2ccc(Br)cc2cc1Cc1ccccc1.O=C(CCCCN1CCCCC1)c1ccccc1. The molecular formula is C100H114Br3N6O6+.